The summed E-state index contributed by atoms with van der Waals surface area (Å²) in [4.78, 5) is 0. The van der Waals surface area contributed by atoms with Crippen LogP contribution in [0.25, 0.3) is 0 Å². The highest BCUT2D eigenvalue weighted by Crippen LogP contribution is 2.18. The average Bonchev–Trinajstić information content (AvgIpc) is 2.58. The highest BCUT2D eigenvalue weighted by Gasteiger charge is 2.09. The van der Waals surface area contributed by atoms with Gasteiger partial charge in [-0.1, -0.05) is 12.2 Å². The molecule has 1 nitrogen and oxygen atoms in total. The summed E-state index contributed by atoms with van der Waals surface area (Å²) in [6, 6.07) is 2.54. The second-order valence-corrected chi connectivity index (χ2v) is 3.34. The number of hydrogen-bond acceptors (Lipinski definition) is 2. The van der Waals surface area contributed by atoms with Gasteiger partial charge >= 0.3 is 0 Å². The van der Waals surface area contributed by atoms with Gasteiger partial charge < -0.3 is 5.32 Å². The number of hydrogen-bond donors (Lipinski definition) is 1. The van der Waals surface area contributed by atoms with Gasteiger partial charge in [-0.2, -0.15) is 0 Å². The summed E-state index contributed by atoms with van der Waals surface area (Å²) in [6.45, 7) is 1.09. The van der Waals surface area contributed by atoms with Crippen LogP contribution in [0.2, 0.25) is 0 Å². The SMILES string of the molecule is [c]1sccc1C1C=CCCN1. The fourth-order valence-electron chi connectivity index (χ4n) is 1.25. The van der Waals surface area contributed by atoms with E-state index in [0.717, 1.165) is 13.0 Å². The minimum atomic E-state index is 0.412. The van der Waals surface area contributed by atoms with E-state index in [2.05, 4.69) is 34.3 Å². The van der Waals surface area contributed by atoms with Crippen LogP contribution in [0.4, 0.5) is 0 Å². The molecule has 0 aromatic carbocycles. The Morgan fingerprint density at radius 3 is 3.27 bits per heavy atom. The van der Waals surface area contributed by atoms with Gasteiger partial charge in [0.25, 0.3) is 0 Å². The van der Waals surface area contributed by atoms with Gasteiger partial charge in [0.1, 0.15) is 0 Å². The molecular formula is C9H10NS. The Labute approximate surface area is 70.8 Å². The molecule has 1 aromatic rings. The molecule has 1 aliphatic heterocycles. The van der Waals surface area contributed by atoms with E-state index in [9.17, 15) is 0 Å². The van der Waals surface area contributed by atoms with Crippen LogP contribution in [-0.4, -0.2) is 6.54 Å². The maximum absolute atomic E-state index is 3.41. The van der Waals surface area contributed by atoms with Crippen LogP contribution < -0.4 is 5.32 Å². The van der Waals surface area contributed by atoms with Crippen molar-refractivity contribution in [2.45, 2.75) is 12.5 Å². The third-order valence-corrected chi connectivity index (χ3v) is 2.46. The first-order valence-electron chi connectivity index (χ1n) is 3.82. The van der Waals surface area contributed by atoms with Crippen LogP contribution in [0.3, 0.4) is 0 Å². The van der Waals surface area contributed by atoms with Crippen molar-refractivity contribution in [3.8, 4) is 0 Å². The summed E-state index contributed by atoms with van der Waals surface area (Å²) in [7, 11) is 0. The van der Waals surface area contributed by atoms with Crippen molar-refractivity contribution in [1.82, 2.24) is 5.32 Å². The van der Waals surface area contributed by atoms with E-state index in [1.807, 2.05) is 0 Å². The van der Waals surface area contributed by atoms with Crippen LogP contribution in [0, 0.1) is 5.38 Å². The van der Waals surface area contributed by atoms with Crippen molar-refractivity contribution >= 4 is 11.3 Å². The summed E-state index contributed by atoms with van der Waals surface area (Å²) in [5.41, 5.74) is 1.27. The Bertz CT molecular complexity index is 238. The molecule has 0 saturated carbocycles. The smallest absolute Gasteiger partial charge is 0.0521 e. The molecule has 2 heteroatoms. The van der Waals surface area contributed by atoms with E-state index >= 15 is 0 Å². The van der Waals surface area contributed by atoms with Crippen molar-refractivity contribution in [2.75, 3.05) is 6.54 Å². The zero-order valence-corrected chi connectivity index (χ0v) is 7.03. The lowest BCUT2D eigenvalue weighted by atomic mass is 10.1. The van der Waals surface area contributed by atoms with E-state index in [1.165, 1.54) is 5.56 Å². The summed E-state index contributed by atoms with van der Waals surface area (Å²) in [6.07, 6.45) is 5.59. The first-order chi connectivity index (χ1) is 5.47. The lowest BCUT2D eigenvalue weighted by molar-refractivity contribution is 0.602. The summed E-state index contributed by atoms with van der Waals surface area (Å²) in [5.74, 6) is 0. The van der Waals surface area contributed by atoms with Crippen molar-refractivity contribution in [3.05, 3.63) is 34.5 Å². The van der Waals surface area contributed by atoms with E-state index in [1.54, 1.807) is 11.3 Å². The van der Waals surface area contributed by atoms with Gasteiger partial charge in [0.05, 0.1) is 6.04 Å². The van der Waals surface area contributed by atoms with E-state index in [4.69, 9.17) is 0 Å². The van der Waals surface area contributed by atoms with Gasteiger partial charge in [0, 0.05) is 5.38 Å². The monoisotopic (exact) mass is 164 g/mol. The fraction of sp³-hybridized carbons (Fsp3) is 0.333. The van der Waals surface area contributed by atoms with Crippen LogP contribution in [0.5, 0.6) is 0 Å². The maximum Gasteiger partial charge on any atom is 0.0521 e. The number of nitrogens with one attached hydrogen (secondary N) is 1. The van der Waals surface area contributed by atoms with Gasteiger partial charge in [-0.3, -0.25) is 0 Å². The Balaban J connectivity index is 2.16. The second-order valence-electron chi connectivity index (χ2n) is 2.63. The first-order valence-corrected chi connectivity index (χ1v) is 4.70. The largest absolute Gasteiger partial charge is 0.306 e. The minimum absolute atomic E-state index is 0.412. The number of thiophene rings is 1. The van der Waals surface area contributed by atoms with Gasteiger partial charge in [-0.25, -0.2) is 0 Å². The van der Waals surface area contributed by atoms with Gasteiger partial charge in [-0.05, 0) is 30.0 Å². The molecule has 1 radical (unpaired) electrons. The van der Waals surface area contributed by atoms with E-state index in [0.29, 0.717) is 6.04 Å². The minimum Gasteiger partial charge on any atom is -0.306 e. The lowest BCUT2D eigenvalue weighted by Gasteiger charge is -2.16. The molecule has 1 N–H and O–H groups in total. The summed E-state index contributed by atoms with van der Waals surface area (Å²) < 4.78 is 0. The molecule has 2 rings (SSSR count). The van der Waals surface area contributed by atoms with E-state index in [-0.39, 0.29) is 0 Å². The Hall–Kier alpha value is -0.600. The molecule has 1 atom stereocenters. The fourth-order valence-corrected chi connectivity index (χ4v) is 1.86. The summed E-state index contributed by atoms with van der Waals surface area (Å²) in [5, 5.41) is 8.71. The van der Waals surface area contributed by atoms with Crippen molar-refractivity contribution in [3.63, 3.8) is 0 Å². The molecule has 1 unspecified atom stereocenters. The molecule has 0 saturated heterocycles. The molecule has 2 heterocycles. The molecule has 0 spiro atoms. The summed E-state index contributed by atoms with van der Waals surface area (Å²) >= 11 is 1.63. The molecule has 11 heavy (non-hydrogen) atoms. The molecule has 57 valence electrons. The highest BCUT2D eigenvalue weighted by molar-refractivity contribution is 7.07. The van der Waals surface area contributed by atoms with Gasteiger partial charge in [0.2, 0.25) is 0 Å². The number of rotatable bonds is 1. The zero-order chi connectivity index (χ0) is 7.52. The molecule has 0 fully saturated rings. The zero-order valence-electron chi connectivity index (χ0n) is 6.21. The second kappa shape index (κ2) is 3.20. The van der Waals surface area contributed by atoms with Crippen LogP contribution >= 0.6 is 11.3 Å². The molecule has 0 aliphatic carbocycles. The molecule has 1 aliphatic rings. The van der Waals surface area contributed by atoms with Gasteiger partial charge in [0.15, 0.2) is 0 Å². The Kier molecular flexibility index (Phi) is 2.06. The van der Waals surface area contributed by atoms with Crippen LogP contribution in [-0.2, 0) is 0 Å². The molecule has 0 amide bonds. The maximum atomic E-state index is 3.41. The predicted octanol–water partition coefficient (Wildman–Crippen LogP) is 2.14. The lowest BCUT2D eigenvalue weighted by Crippen LogP contribution is -2.22. The molecular weight excluding hydrogens is 154 g/mol. The Morgan fingerprint density at radius 2 is 2.64 bits per heavy atom. The van der Waals surface area contributed by atoms with Crippen LogP contribution in [0.15, 0.2) is 23.6 Å². The topological polar surface area (TPSA) is 12.0 Å². The highest BCUT2D eigenvalue weighted by atomic mass is 32.1. The Morgan fingerprint density at radius 1 is 1.64 bits per heavy atom. The third kappa shape index (κ3) is 1.52. The molecule has 1 aromatic heterocycles. The van der Waals surface area contributed by atoms with Crippen molar-refractivity contribution < 1.29 is 0 Å². The normalized spacial score (nSPS) is 23.8. The van der Waals surface area contributed by atoms with Crippen LogP contribution in [0.1, 0.15) is 18.0 Å². The quantitative estimate of drug-likeness (QED) is 0.627. The average molecular weight is 164 g/mol. The van der Waals surface area contributed by atoms with Crippen molar-refractivity contribution in [2.24, 2.45) is 0 Å². The molecule has 0 bridgehead atoms. The third-order valence-electron chi connectivity index (χ3n) is 1.83. The van der Waals surface area contributed by atoms with Crippen molar-refractivity contribution in [1.29, 1.82) is 0 Å². The van der Waals surface area contributed by atoms with E-state index < -0.39 is 0 Å². The first kappa shape index (κ1) is 7.07. The standard InChI is InChI=1S/C9H10NS/c1-2-5-10-9(3-1)8-4-6-11-7-8/h1,3-4,6,9-10H,2,5H2. The van der Waals surface area contributed by atoms with Gasteiger partial charge in [-0.15, -0.1) is 11.3 Å². The predicted molar refractivity (Wildman–Crippen MR) is 47.7 cm³/mol.